The molecule has 7 nitrogen and oxygen atoms in total. The molecule has 0 aliphatic heterocycles. The molecule has 2 atom stereocenters. The monoisotopic (exact) mass is 495 g/mol. The Labute approximate surface area is 203 Å². The van der Waals surface area contributed by atoms with Gasteiger partial charge in [0.2, 0.25) is 11.8 Å². The van der Waals surface area contributed by atoms with Crippen LogP contribution in [0.15, 0.2) is 70.6 Å². The topological polar surface area (TPSA) is 98.2 Å². The van der Waals surface area contributed by atoms with Crippen LogP contribution in [0.1, 0.15) is 36.8 Å². The average Bonchev–Trinajstić information content (AvgIpc) is 3.76. The second kappa shape index (κ2) is 9.38. The van der Waals surface area contributed by atoms with Crippen molar-refractivity contribution in [3.05, 3.63) is 71.8 Å². The summed E-state index contributed by atoms with van der Waals surface area (Å²) in [5, 5.41) is 11.6. The number of nitrogens with one attached hydrogen (secondary N) is 1. The number of nitrogens with zero attached hydrogens (tertiary/aromatic N) is 2. The molecule has 0 bridgehead atoms. The van der Waals surface area contributed by atoms with Crippen LogP contribution in [0.5, 0.6) is 5.88 Å². The molecule has 2 aliphatic carbocycles. The van der Waals surface area contributed by atoms with Crippen molar-refractivity contribution in [3.8, 4) is 5.88 Å². The molecule has 2 saturated carbocycles. The van der Waals surface area contributed by atoms with Gasteiger partial charge in [0.25, 0.3) is 0 Å². The number of amides is 1. The summed E-state index contributed by atoms with van der Waals surface area (Å²) in [6, 6.07) is 18.2. The molecule has 34 heavy (non-hydrogen) atoms. The second-order valence-electron chi connectivity index (χ2n) is 8.69. The van der Waals surface area contributed by atoms with Crippen LogP contribution in [-0.2, 0) is 37.6 Å². The van der Waals surface area contributed by atoms with Gasteiger partial charge in [0.1, 0.15) is 6.10 Å². The summed E-state index contributed by atoms with van der Waals surface area (Å²) in [4.78, 5) is 13.2. The highest BCUT2D eigenvalue weighted by molar-refractivity contribution is 7.86. The van der Waals surface area contributed by atoms with Crippen molar-refractivity contribution in [1.82, 2.24) is 10.2 Å². The van der Waals surface area contributed by atoms with Crippen LogP contribution in [0.2, 0.25) is 0 Å². The third kappa shape index (κ3) is 5.10. The first kappa shape index (κ1) is 22.9. The molecule has 2 aromatic carbocycles. The minimum absolute atomic E-state index is 0.133. The molecule has 2 aliphatic rings. The average molecular weight is 496 g/mol. The van der Waals surface area contributed by atoms with Crippen LogP contribution < -0.4 is 10.1 Å². The predicted molar refractivity (Wildman–Crippen MR) is 131 cm³/mol. The molecule has 1 N–H and O–H groups in total. The number of benzene rings is 2. The Hall–Kier alpha value is -2.91. The van der Waals surface area contributed by atoms with E-state index >= 15 is 0 Å². The fourth-order valence-corrected chi connectivity index (χ4v) is 5.82. The summed E-state index contributed by atoms with van der Waals surface area (Å²) in [6.07, 6.45) is 5.81. The predicted octanol–water partition coefficient (Wildman–Crippen LogP) is 3.73. The Bertz CT molecular complexity index is 1240. The Morgan fingerprint density at radius 2 is 1.71 bits per heavy atom. The van der Waals surface area contributed by atoms with Crippen LogP contribution in [0.25, 0.3) is 0 Å². The standard InChI is InChI=1S/C25H25N3O4S2/c1-33(30)21-10-2-17(3-11-21)16-22(29)26-19-6-4-18(5-7-19)25(14-15-25)34(31)24-13-12-23(27-28-24)32-20-8-9-20/h2-7,10-13,20H,8-9,14-16H2,1H3,(H,26,29). The summed E-state index contributed by atoms with van der Waals surface area (Å²) in [5.41, 5.74) is 2.50. The van der Waals surface area contributed by atoms with Crippen LogP contribution in [0.3, 0.4) is 0 Å². The molecule has 0 saturated heterocycles. The zero-order valence-corrected chi connectivity index (χ0v) is 20.4. The fourth-order valence-electron chi connectivity index (χ4n) is 3.77. The molecule has 2 unspecified atom stereocenters. The van der Waals surface area contributed by atoms with Gasteiger partial charge >= 0.3 is 0 Å². The Kier molecular flexibility index (Phi) is 6.31. The first-order chi connectivity index (χ1) is 16.4. The highest BCUT2D eigenvalue weighted by Crippen LogP contribution is 2.53. The molecule has 1 amide bonds. The molecule has 176 valence electrons. The normalized spacial score (nSPS) is 18.0. The minimum Gasteiger partial charge on any atom is -0.473 e. The lowest BCUT2D eigenvalue weighted by Crippen LogP contribution is -2.17. The Balaban J connectivity index is 1.21. The van der Waals surface area contributed by atoms with E-state index in [2.05, 4.69) is 15.5 Å². The van der Waals surface area contributed by atoms with Crippen molar-refractivity contribution in [1.29, 1.82) is 0 Å². The molecule has 5 rings (SSSR count). The number of aromatic nitrogens is 2. The lowest BCUT2D eigenvalue weighted by Gasteiger charge is -2.15. The van der Waals surface area contributed by atoms with Crippen LogP contribution in [0.4, 0.5) is 5.69 Å². The maximum Gasteiger partial charge on any atom is 0.233 e. The Morgan fingerprint density at radius 3 is 2.26 bits per heavy atom. The minimum atomic E-state index is -1.33. The third-order valence-electron chi connectivity index (χ3n) is 5.99. The lowest BCUT2D eigenvalue weighted by molar-refractivity contribution is -0.115. The number of hydrogen-bond donors (Lipinski definition) is 1. The van der Waals surface area contributed by atoms with Gasteiger partial charge in [-0.1, -0.05) is 24.3 Å². The van der Waals surface area contributed by atoms with Gasteiger partial charge in [-0.05, 0) is 67.1 Å². The van der Waals surface area contributed by atoms with E-state index < -0.39 is 26.3 Å². The molecule has 1 heterocycles. The summed E-state index contributed by atoms with van der Waals surface area (Å²) >= 11 is 0. The fraction of sp³-hybridized carbons (Fsp3) is 0.320. The first-order valence-electron chi connectivity index (χ1n) is 11.2. The smallest absolute Gasteiger partial charge is 0.233 e. The number of hydrogen-bond acceptors (Lipinski definition) is 6. The first-order valence-corrected chi connectivity index (χ1v) is 13.9. The third-order valence-corrected chi connectivity index (χ3v) is 8.88. The number of carbonyl (C=O) groups excluding carboxylic acids is 1. The molecule has 0 radical (unpaired) electrons. The van der Waals surface area contributed by atoms with Crippen LogP contribution in [-0.4, -0.2) is 36.9 Å². The largest absolute Gasteiger partial charge is 0.473 e. The summed E-state index contributed by atoms with van der Waals surface area (Å²) in [7, 11) is -2.36. The summed E-state index contributed by atoms with van der Waals surface area (Å²) in [6.45, 7) is 0. The van der Waals surface area contributed by atoms with E-state index in [-0.39, 0.29) is 18.4 Å². The zero-order chi connectivity index (χ0) is 23.7. The molecular formula is C25H25N3O4S2. The van der Waals surface area contributed by atoms with Crippen LogP contribution >= 0.6 is 0 Å². The molecular weight excluding hydrogens is 470 g/mol. The maximum atomic E-state index is 13.3. The van der Waals surface area contributed by atoms with Gasteiger partial charge in [-0.3, -0.25) is 13.2 Å². The van der Waals surface area contributed by atoms with Crippen molar-refractivity contribution < 1.29 is 17.9 Å². The van der Waals surface area contributed by atoms with Gasteiger partial charge in [-0.2, -0.15) is 0 Å². The molecule has 3 aromatic rings. The maximum absolute atomic E-state index is 13.3. The van der Waals surface area contributed by atoms with Gasteiger partial charge in [0.05, 0.1) is 22.0 Å². The summed E-state index contributed by atoms with van der Waals surface area (Å²) in [5.74, 6) is 0.344. The second-order valence-corrected chi connectivity index (χ2v) is 11.8. The van der Waals surface area contributed by atoms with Gasteiger partial charge < -0.3 is 10.1 Å². The molecule has 2 fully saturated rings. The Morgan fingerprint density at radius 1 is 1.00 bits per heavy atom. The van der Waals surface area contributed by atoms with Gasteiger partial charge in [0, 0.05) is 33.7 Å². The van der Waals surface area contributed by atoms with E-state index in [0.717, 1.165) is 41.7 Å². The van der Waals surface area contributed by atoms with Gasteiger partial charge in [0.15, 0.2) is 5.03 Å². The van der Waals surface area contributed by atoms with E-state index in [1.54, 1.807) is 30.5 Å². The summed E-state index contributed by atoms with van der Waals surface area (Å²) < 4.78 is 29.9. The van der Waals surface area contributed by atoms with E-state index in [0.29, 0.717) is 16.6 Å². The van der Waals surface area contributed by atoms with Crippen molar-refractivity contribution >= 4 is 33.2 Å². The van der Waals surface area contributed by atoms with Crippen molar-refractivity contribution in [3.63, 3.8) is 0 Å². The number of anilines is 1. The SMILES string of the molecule is CS(=O)c1ccc(CC(=O)Nc2ccc(C3(S(=O)c4ccc(OC5CC5)nn4)CC3)cc2)cc1. The van der Waals surface area contributed by atoms with E-state index in [1.165, 1.54) is 0 Å². The number of ether oxygens (including phenoxy) is 1. The van der Waals surface area contributed by atoms with Crippen molar-refractivity contribution in [2.24, 2.45) is 0 Å². The number of carbonyl (C=O) groups is 1. The van der Waals surface area contributed by atoms with E-state index in [4.69, 9.17) is 4.74 Å². The molecule has 1 aromatic heterocycles. The highest BCUT2D eigenvalue weighted by Gasteiger charge is 2.51. The lowest BCUT2D eigenvalue weighted by atomic mass is 10.1. The quantitative estimate of drug-likeness (QED) is 0.486. The van der Waals surface area contributed by atoms with E-state index in [1.807, 2.05) is 36.4 Å². The van der Waals surface area contributed by atoms with Gasteiger partial charge in [-0.25, -0.2) is 0 Å². The van der Waals surface area contributed by atoms with Crippen molar-refractivity contribution in [2.45, 2.75) is 52.9 Å². The molecule has 9 heteroatoms. The molecule has 0 spiro atoms. The van der Waals surface area contributed by atoms with Crippen molar-refractivity contribution in [2.75, 3.05) is 11.6 Å². The van der Waals surface area contributed by atoms with Crippen LogP contribution in [0, 0.1) is 0 Å². The number of rotatable bonds is 9. The highest BCUT2D eigenvalue weighted by atomic mass is 32.2. The zero-order valence-electron chi connectivity index (χ0n) is 18.7. The van der Waals surface area contributed by atoms with Gasteiger partial charge in [-0.15, -0.1) is 10.2 Å². The van der Waals surface area contributed by atoms with E-state index in [9.17, 15) is 13.2 Å².